The van der Waals surface area contributed by atoms with E-state index >= 15 is 0 Å². The van der Waals surface area contributed by atoms with Crippen molar-refractivity contribution in [2.45, 2.75) is 33.8 Å². The molecule has 1 aromatic heterocycles. The van der Waals surface area contributed by atoms with E-state index in [1.807, 2.05) is 69.3 Å². The van der Waals surface area contributed by atoms with E-state index in [0.717, 1.165) is 16.9 Å². The summed E-state index contributed by atoms with van der Waals surface area (Å²) in [7, 11) is 0. The standard InChI is InChI=1S/C28H30N2O5S/c1-4-32-25-13-10-20(16-26(25)33-5-2)14-15-30-27(31)23(29-28(30)36)17-21-11-12-22(35-21)18-34-24-9-7-6-8-19(24)3/h6-13,16-17H,4-5,14-15,18H2,1-3H3,(H,29,36)/b23-17+. The number of carbonyl (C=O) groups excluding carboxylic acids is 1. The summed E-state index contributed by atoms with van der Waals surface area (Å²) in [5.74, 6) is 3.24. The second kappa shape index (κ2) is 11.8. The van der Waals surface area contributed by atoms with Crippen molar-refractivity contribution in [3.63, 3.8) is 0 Å². The molecule has 1 aliphatic heterocycles. The molecule has 4 rings (SSSR count). The van der Waals surface area contributed by atoms with Gasteiger partial charge in [-0.25, -0.2) is 0 Å². The van der Waals surface area contributed by atoms with E-state index < -0.39 is 0 Å². The molecule has 0 atom stereocenters. The van der Waals surface area contributed by atoms with Gasteiger partial charge in [0.1, 0.15) is 29.6 Å². The van der Waals surface area contributed by atoms with Crippen molar-refractivity contribution in [2.75, 3.05) is 19.8 Å². The number of benzene rings is 2. The predicted molar refractivity (Wildman–Crippen MR) is 142 cm³/mol. The van der Waals surface area contributed by atoms with Crippen LogP contribution in [0.5, 0.6) is 17.2 Å². The van der Waals surface area contributed by atoms with Crippen LogP contribution in [0.1, 0.15) is 36.5 Å². The summed E-state index contributed by atoms with van der Waals surface area (Å²) in [4.78, 5) is 14.6. The van der Waals surface area contributed by atoms with Crippen molar-refractivity contribution in [3.8, 4) is 17.2 Å². The van der Waals surface area contributed by atoms with Crippen LogP contribution in [0.3, 0.4) is 0 Å². The maximum atomic E-state index is 13.0. The Labute approximate surface area is 216 Å². The van der Waals surface area contributed by atoms with Crippen molar-refractivity contribution < 1.29 is 23.4 Å². The molecular weight excluding hydrogens is 476 g/mol. The number of nitrogens with zero attached hydrogens (tertiary/aromatic N) is 1. The largest absolute Gasteiger partial charge is 0.490 e. The third-order valence-electron chi connectivity index (χ3n) is 5.63. The smallest absolute Gasteiger partial charge is 0.276 e. The van der Waals surface area contributed by atoms with Gasteiger partial charge in [-0.15, -0.1) is 0 Å². The van der Waals surface area contributed by atoms with Gasteiger partial charge >= 0.3 is 0 Å². The maximum Gasteiger partial charge on any atom is 0.276 e. The predicted octanol–water partition coefficient (Wildman–Crippen LogP) is 5.26. The molecule has 7 nitrogen and oxygen atoms in total. The van der Waals surface area contributed by atoms with Gasteiger partial charge in [-0.05, 0) is 80.9 Å². The molecule has 2 aromatic carbocycles. The van der Waals surface area contributed by atoms with Crippen LogP contribution in [0.25, 0.3) is 6.08 Å². The average molecular weight is 507 g/mol. The number of amides is 1. The number of rotatable bonds is 11. The van der Waals surface area contributed by atoms with Crippen LogP contribution in [-0.2, 0) is 17.8 Å². The number of hydrogen-bond donors (Lipinski definition) is 1. The first kappa shape index (κ1) is 25.3. The van der Waals surface area contributed by atoms with Gasteiger partial charge in [0, 0.05) is 12.6 Å². The number of furan rings is 1. The molecule has 1 N–H and O–H groups in total. The highest BCUT2D eigenvalue weighted by Gasteiger charge is 2.30. The summed E-state index contributed by atoms with van der Waals surface area (Å²) >= 11 is 5.42. The molecule has 8 heteroatoms. The fourth-order valence-electron chi connectivity index (χ4n) is 3.83. The molecule has 0 spiro atoms. The third kappa shape index (κ3) is 6.07. The van der Waals surface area contributed by atoms with Gasteiger partial charge in [0.15, 0.2) is 16.6 Å². The van der Waals surface area contributed by atoms with Crippen LogP contribution >= 0.6 is 12.2 Å². The Morgan fingerprint density at radius 1 is 0.972 bits per heavy atom. The first-order chi connectivity index (χ1) is 17.5. The van der Waals surface area contributed by atoms with Crippen LogP contribution in [0.2, 0.25) is 0 Å². The normalized spacial score (nSPS) is 14.3. The zero-order valence-corrected chi connectivity index (χ0v) is 21.5. The molecule has 0 aliphatic carbocycles. The number of hydrogen-bond acceptors (Lipinski definition) is 6. The first-order valence-electron chi connectivity index (χ1n) is 12.0. The molecule has 2 heterocycles. The lowest BCUT2D eigenvalue weighted by Gasteiger charge is -2.15. The molecule has 188 valence electrons. The monoisotopic (exact) mass is 506 g/mol. The van der Waals surface area contributed by atoms with E-state index in [9.17, 15) is 4.79 Å². The van der Waals surface area contributed by atoms with Gasteiger partial charge in [0.2, 0.25) is 0 Å². The van der Waals surface area contributed by atoms with E-state index in [4.69, 9.17) is 30.8 Å². The fraction of sp³-hybridized carbons (Fsp3) is 0.286. The van der Waals surface area contributed by atoms with Crippen LogP contribution in [0, 0.1) is 6.92 Å². The zero-order valence-electron chi connectivity index (χ0n) is 20.7. The Bertz CT molecular complexity index is 1270. The van der Waals surface area contributed by atoms with Gasteiger partial charge in [-0.3, -0.25) is 9.69 Å². The molecule has 0 radical (unpaired) electrons. The van der Waals surface area contributed by atoms with Crippen molar-refractivity contribution in [2.24, 2.45) is 0 Å². The Balaban J connectivity index is 1.37. The number of para-hydroxylation sites is 1. The fourth-order valence-corrected chi connectivity index (χ4v) is 4.11. The topological polar surface area (TPSA) is 73.2 Å². The minimum Gasteiger partial charge on any atom is -0.490 e. The molecule has 1 amide bonds. The number of aryl methyl sites for hydroxylation is 1. The first-order valence-corrected chi connectivity index (χ1v) is 12.4. The van der Waals surface area contributed by atoms with Crippen molar-refractivity contribution in [1.82, 2.24) is 10.2 Å². The zero-order chi connectivity index (χ0) is 25.5. The molecule has 1 fully saturated rings. The van der Waals surface area contributed by atoms with E-state index in [1.165, 1.54) is 0 Å². The summed E-state index contributed by atoms with van der Waals surface area (Å²) in [6.07, 6.45) is 2.28. The average Bonchev–Trinajstić information content (AvgIpc) is 3.42. The summed E-state index contributed by atoms with van der Waals surface area (Å²) in [6, 6.07) is 17.3. The summed E-state index contributed by atoms with van der Waals surface area (Å²) in [5.41, 5.74) is 2.46. The van der Waals surface area contributed by atoms with E-state index in [2.05, 4.69) is 5.32 Å². The lowest BCUT2D eigenvalue weighted by molar-refractivity contribution is -0.122. The maximum absolute atomic E-state index is 13.0. The lowest BCUT2D eigenvalue weighted by atomic mass is 10.1. The van der Waals surface area contributed by atoms with Crippen molar-refractivity contribution >= 4 is 29.3 Å². The quantitative estimate of drug-likeness (QED) is 0.281. The van der Waals surface area contributed by atoms with Gasteiger partial charge in [-0.1, -0.05) is 24.3 Å². The lowest BCUT2D eigenvalue weighted by Crippen LogP contribution is -2.32. The highest BCUT2D eigenvalue weighted by Crippen LogP contribution is 2.29. The van der Waals surface area contributed by atoms with Gasteiger partial charge in [-0.2, -0.15) is 0 Å². The molecule has 0 unspecified atom stereocenters. The summed E-state index contributed by atoms with van der Waals surface area (Å²) in [6.45, 7) is 7.71. The van der Waals surface area contributed by atoms with Crippen LogP contribution in [-0.4, -0.2) is 35.7 Å². The molecule has 0 saturated carbocycles. The van der Waals surface area contributed by atoms with Gasteiger partial charge in [0.05, 0.1) is 13.2 Å². The highest BCUT2D eigenvalue weighted by atomic mass is 32.1. The number of ether oxygens (including phenoxy) is 3. The molecule has 36 heavy (non-hydrogen) atoms. The van der Waals surface area contributed by atoms with Gasteiger partial charge < -0.3 is 23.9 Å². The van der Waals surface area contributed by atoms with E-state index in [1.54, 1.807) is 17.0 Å². The second-order valence-corrected chi connectivity index (χ2v) is 8.59. The molecule has 0 bridgehead atoms. The summed E-state index contributed by atoms with van der Waals surface area (Å²) in [5, 5.41) is 3.38. The van der Waals surface area contributed by atoms with Crippen molar-refractivity contribution in [1.29, 1.82) is 0 Å². The minimum absolute atomic E-state index is 0.190. The third-order valence-corrected chi connectivity index (χ3v) is 5.95. The van der Waals surface area contributed by atoms with Crippen LogP contribution in [0.15, 0.2) is 64.7 Å². The molecule has 3 aromatic rings. The SMILES string of the molecule is CCOc1ccc(CCN2C(=O)/C(=C\c3ccc(COc4ccccc4C)o3)NC2=S)cc1OCC. The van der Waals surface area contributed by atoms with Crippen LogP contribution < -0.4 is 19.5 Å². The highest BCUT2D eigenvalue weighted by molar-refractivity contribution is 7.80. The number of nitrogens with one attached hydrogen (secondary N) is 1. The Kier molecular flexibility index (Phi) is 8.28. The van der Waals surface area contributed by atoms with E-state index in [0.29, 0.717) is 66.6 Å². The van der Waals surface area contributed by atoms with Crippen LogP contribution in [0.4, 0.5) is 0 Å². The molecule has 1 saturated heterocycles. The van der Waals surface area contributed by atoms with Crippen molar-refractivity contribution in [3.05, 3.63) is 82.9 Å². The Morgan fingerprint density at radius 2 is 1.75 bits per heavy atom. The Morgan fingerprint density at radius 3 is 2.53 bits per heavy atom. The number of thiocarbonyl (C=S) groups is 1. The second-order valence-electron chi connectivity index (χ2n) is 8.20. The van der Waals surface area contributed by atoms with E-state index in [-0.39, 0.29) is 5.91 Å². The Hall–Kier alpha value is -3.78. The number of carbonyl (C=O) groups is 1. The summed E-state index contributed by atoms with van der Waals surface area (Å²) < 4.78 is 23.0. The molecular formula is C28H30N2O5S. The van der Waals surface area contributed by atoms with Gasteiger partial charge in [0.25, 0.3) is 5.91 Å². The minimum atomic E-state index is -0.190. The molecule has 1 aliphatic rings.